The number of pyridine rings is 1. The molecule has 2 aromatic heterocycles. The van der Waals surface area contributed by atoms with Crippen molar-refractivity contribution in [2.45, 2.75) is 37.3 Å². The minimum absolute atomic E-state index is 0.0670. The second kappa shape index (κ2) is 5.52. The van der Waals surface area contributed by atoms with Crippen LogP contribution in [-0.4, -0.2) is 39.9 Å². The van der Waals surface area contributed by atoms with Gasteiger partial charge in [-0.25, -0.2) is 9.97 Å². The molecule has 0 unspecified atom stereocenters. The van der Waals surface area contributed by atoms with E-state index in [0.717, 1.165) is 30.4 Å². The third kappa shape index (κ3) is 2.46. The number of nitrogens with one attached hydrogen (secondary N) is 1. The molecule has 7 heteroatoms. The Kier molecular flexibility index (Phi) is 3.50. The van der Waals surface area contributed by atoms with E-state index in [1.807, 2.05) is 12.1 Å². The van der Waals surface area contributed by atoms with Crippen LogP contribution in [0.4, 0.5) is 5.82 Å². The van der Waals surface area contributed by atoms with Crippen molar-refractivity contribution in [3.63, 3.8) is 0 Å². The molecule has 0 spiro atoms. The molecule has 1 saturated heterocycles. The van der Waals surface area contributed by atoms with Crippen LogP contribution in [0, 0.1) is 0 Å². The minimum atomic E-state index is 0.0670. The van der Waals surface area contributed by atoms with E-state index < -0.39 is 0 Å². The van der Waals surface area contributed by atoms with Gasteiger partial charge >= 0.3 is 0 Å². The summed E-state index contributed by atoms with van der Waals surface area (Å²) in [5, 5.41) is 8.12. The fourth-order valence-electron chi connectivity index (χ4n) is 3.01. The number of halogens is 1. The van der Waals surface area contributed by atoms with Gasteiger partial charge in [-0.2, -0.15) is 5.10 Å². The number of aromatic amines is 1. The molecule has 116 valence electrons. The molecular weight excluding hydrogens is 302 g/mol. The molecule has 2 atom stereocenters. The van der Waals surface area contributed by atoms with E-state index in [0.29, 0.717) is 10.9 Å². The van der Waals surface area contributed by atoms with Gasteiger partial charge in [0.1, 0.15) is 11.6 Å². The smallest absolute Gasteiger partial charge is 0.153 e. The molecule has 1 N–H and O–H groups in total. The van der Waals surface area contributed by atoms with Crippen LogP contribution in [0.25, 0.3) is 0 Å². The van der Waals surface area contributed by atoms with Crippen molar-refractivity contribution in [1.82, 2.24) is 20.2 Å². The number of anilines is 1. The van der Waals surface area contributed by atoms with Crippen molar-refractivity contribution in [3.8, 4) is 0 Å². The molecule has 0 amide bonds. The normalized spacial score (nSPS) is 24.9. The van der Waals surface area contributed by atoms with Gasteiger partial charge in [0.25, 0.3) is 0 Å². The van der Waals surface area contributed by atoms with Crippen LogP contribution >= 0.6 is 11.6 Å². The van der Waals surface area contributed by atoms with Crippen LogP contribution in [0.15, 0.2) is 18.3 Å². The van der Waals surface area contributed by atoms with Gasteiger partial charge in [0.05, 0.1) is 17.2 Å². The van der Waals surface area contributed by atoms with Crippen molar-refractivity contribution in [3.05, 3.63) is 35.0 Å². The summed E-state index contributed by atoms with van der Waals surface area (Å²) in [5.41, 5.74) is 0. The van der Waals surface area contributed by atoms with E-state index in [1.165, 1.54) is 12.8 Å². The summed E-state index contributed by atoms with van der Waals surface area (Å²) in [6.07, 6.45) is 5.13. The zero-order chi connectivity index (χ0) is 15.1. The molecule has 1 saturated carbocycles. The Labute approximate surface area is 133 Å². The molecule has 2 aromatic rings. The van der Waals surface area contributed by atoms with E-state index in [2.05, 4.69) is 20.1 Å². The monoisotopic (exact) mass is 319 g/mol. The average Bonchev–Trinajstić information content (AvgIpc) is 3.12. The maximum atomic E-state index is 6.32. The Balaban J connectivity index is 1.66. The van der Waals surface area contributed by atoms with Gasteiger partial charge in [0.15, 0.2) is 5.82 Å². The van der Waals surface area contributed by atoms with Crippen LogP contribution in [-0.2, 0) is 4.74 Å². The number of nitrogens with zero attached hydrogens (tertiary/aromatic N) is 4. The fraction of sp³-hybridized carbons (Fsp3) is 0.533. The van der Waals surface area contributed by atoms with Gasteiger partial charge in [-0.1, -0.05) is 11.6 Å². The minimum Gasteiger partial charge on any atom is -0.380 e. The zero-order valence-electron chi connectivity index (χ0n) is 12.4. The lowest BCUT2D eigenvalue weighted by molar-refractivity contribution is 0.118. The predicted molar refractivity (Wildman–Crippen MR) is 83.1 cm³/mol. The van der Waals surface area contributed by atoms with Crippen LogP contribution in [0.3, 0.4) is 0 Å². The van der Waals surface area contributed by atoms with Crippen LogP contribution in [0.5, 0.6) is 0 Å². The van der Waals surface area contributed by atoms with Crippen molar-refractivity contribution in [1.29, 1.82) is 0 Å². The Morgan fingerprint density at radius 2 is 2.27 bits per heavy atom. The second-order valence-electron chi connectivity index (χ2n) is 5.92. The van der Waals surface area contributed by atoms with E-state index in [-0.39, 0.29) is 12.1 Å². The van der Waals surface area contributed by atoms with Gasteiger partial charge < -0.3 is 9.64 Å². The summed E-state index contributed by atoms with van der Waals surface area (Å²) in [6, 6.07) is 3.76. The first-order valence-electron chi connectivity index (χ1n) is 7.58. The predicted octanol–water partition coefficient (Wildman–Crippen LogP) is 2.70. The Morgan fingerprint density at radius 1 is 1.41 bits per heavy atom. The van der Waals surface area contributed by atoms with Crippen molar-refractivity contribution in [2.75, 3.05) is 18.6 Å². The molecule has 0 bridgehead atoms. The average molecular weight is 320 g/mol. The maximum absolute atomic E-state index is 6.32. The van der Waals surface area contributed by atoms with Crippen LogP contribution in [0.2, 0.25) is 5.02 Å². The van der Waals surface area contributed by atoms with Crippen molar-refractivity contribution in [2.24, 2.45) is 0 Å². The van der Waals surface area contributed by atoms with Gasteiger partial charge in [0, 0.05) is 32.2 Å². The van der Waals surface area contributed by atoms with Crippen molar-refractivity contribution < 1.29 is 4.74 Å². The number of methoxy groups -OCH3 is 1. The van der Waals surface area contributed by atoms with Crippen molar-refractivity contribution >= 4 is 17.4 Å². The lowest BCUT2D eigenvalue weighted by Crippen LogP contribution is -2.26. The Bertz CT molecular complexity index is 671. The largest absolute Gasteiger partial charge is 0.380 e. The highest BCUT2D eigenvalue weighted by molar-refractivity contribution is 6.32. The topological polar surface area (TPSA) is 66.9 Å². The summed E-state index contributed by atoms with van der Waals surface area (Å²) >= 11 is 6.32. The number of H-pyrrole nitrogens is 1. The second-order valence-corrected chi connectivity index (χ2v) is 6.33. The molecule has 22 heavy (non-hydrogen) atoms. The fourth-order valence-corrected chi connectivity index (χ4v) is 3.24. The molecule has 1 aliphatic carbocycles. The summed E-state index contributed by atoms with van der Waals surface area (Å²) < 4.78 is 5.55. The highest BCUT2D eigenvalue weighted by atomic mass is 35.5. The first kappa shape index (κ1) is 14.0. The third-order valence-corrected chi connectivity index (χ3v) is 4.68. The molecule has 6 nitrogen and oxygen atoms in total. The number of aromatic nitrogens is 4. The standard InChI is InChI=1S/C15H18ClN5O/c1-22-10-7-12(14-18-13(19-20-14)9-4-5-9)21(8-10)15-11(16)3-2-6-17-15/h2-3,6,9-10,12H,4-5,7-8H2,1H3,(H,18,19,20)/t10-,12+/m1/s1. The molecular formula is C15H18ClN5O. The van der Waals surface area contributed by atoms with Gasteiger partial charge in [-0.3, -0.25) is 5.10 Å². The number of hydrogen-bond acceptors (Lipinski definition) is 5. The molecule has 0 aromatic carbocycles. The Hall–Kier alpha value is -1.66. The molecule has 4 rings (SSSR count). The van der Waals surface area contributed by atoms with E-state index in [1.54, 1.807) is 13.3 Å². The van der Waals surface area contributed by atoms with Gasteiger partial charge in [-0.05, 0) is 25.0 Å². The third-order valence-electron chi connectivity index (χ3n) is 4.39. The maximum Gasteiger partial charge on any atom is 0.153 e. The van der Waals surface area contributed by atoms with E-state index in [4.69, 9.17) is 21.3 Å². The zero-order valence-corrected chi connectivity index (χ0v) is 13.1. The van der Waals surface area contributed by atoms with Crippen LogP contribution < -0.4 is 4.90 Å². The lowest BCUT2D eigenvalue weighted by Gasteiger charge is -2.24. The lowest BCUT2D eigenvalue weighted by atomic mass is 10.2. The first-order chi connectivity index (χ1) is 10.8. The summed E-state index contributed by atoms with van der Waals surface area (Å²) in [7, 11) is 1.74. The summed E-state index contributed by atoms with van der Waals surface area (Å²) in [5.74, 6) is 3.13. The SMILES string of the molecule is CO[C@@H]1C[C@@H](c2nc(C3CC3)n[nH]2)N(c2ncccc2Cl)C1. The van der Waals surface area contributed by atoms with Crippen LogP contribution in [0.1, 0.15) is 42.9 Å². The molecule has 2 aliphatic rings. The van der Waals surface area contributed by atoms with Gasteiger partial charge in [0.2, 0.25) is 0 Å². The number of ether oxygens (including phenoxy) is 1. The summed E-state index contributed by atoms with van der Waals surface area (Å²) in [6.45, 7) is 0.747. The number of rotatable bonds is 4. The summed E-state index contributed by atoms with van der Waals surface area (Å²) in [4.78, 5) is 11.3. The van der Waals surface area contributed by atoms with E-state index >= 15 is 0 Å². The number of hydrogen-bond donors (Lipinski definition) is 1. The molecule has 0 radical (unpaired) electrons. The quantitative estimate of drug-likeness (QED) is 0.938. The molecule has 1 aliphatic heterocycles. The molecule has 2 fully saturated rings. The Morgan fingerprint density at radius 3 is 3.00 bits per heavy atom. The first-order valence-corrected chi connectivity index (χ1v) is 7.96. The van der Waals surface area contributed by atoms with E-state index in [9.17, 15) is 0 Å². The highest BCUT2D eigenvalue weighted by Crippen LogP contribution is 2.41. The molecule has 3 heterocycles. The highest BCUT2D eigenvalue weighted by Gasteiger charge is 2.38. The van der Waals surface area contributed by atoms with Gasteiger partial charge in [-0.15, -0.1) is 0 Å².